The van der Waals surface area contributed by atoms with Gasteiger partial charge in [-0.1, -0.05) is 55.8 Å². The zero-order chi connectivity index (χ0) is 14.8. The third kappa shape index (κ3) is 2.64. The van der Waals surface area contributed by atoms with Crippen molar-refractivity contribution in [3.05, 3.63) is 70.3 Å². The molecule has 0 bridgehead atoms. The van der Waals surface area contributed by atoms with Crippen LogP contribution >= 0.6 is 0 Å². The van der Waals surface area contributed by atoms with Gasteiger partial charge in [0.2, 0.25) is 0 Å². The number of hydrogen-bond donors (Lipinski definition) is 1. The van der Waals surface area contributed by atoms with Crippen LogP contribution in [0.4, 0.5) is 0 Å². The van der Waals surface area contributed by atoms with Crippen molar-refractivity contribution in [2.75, 3.05) is 0 Å². The number of aryl methyl sites for hydroxylation is 3. The zero-order valence-corrected chi connectivity index (χ0v) is 12.9. The molecule has 1 nitrogen and oxygen atoms in total. The molecule has 0 radical (unpaired) electrons. The van der Waals surface area contributed by atoms with Gasteiger partial charge >= 0.3 is 0 Å². The maximum Gasteiger partial charge on any atom is 0.115 e. The highest BCUT2D eigenvalue weighted by atomic mass is 16.3. The molecular formula is C19H24O. The molecule has 2 aromatic rings. The van der Waals surface area contributed by atoms with Crippen LogP contribution in [0.25, 0.3) is 0 Å². The van der Waals surface area contributed by atoms with Crippen molar-refractivity contribution in [1.29, 1.82) is 0 Å². The van der Waals surface area contributed by atoms with E-state index < -0.39 is 5.60 Å². The van der Waals surface area contributed by atoms with Crippen molar-refractivity contribution in [3.8, 4) is 0 Å². The summed E-state index contributed by atoms with van der Waals surface area (Å²) in [6, 6.07) is 14.3. The molecule has 106 valence electrons. The van der Waals surface area contributed by atoms with E-state index in [2.05, 4.69) is 39.8 Å². The second-order valence-electron chi connectivity index (χ2n) is 5.73. The fourth-order valence-electron chi connectivity index (χ4n) is 2.92. The predicted octanol–water partition coefficient (Wildman–Crippen LogP) is 4.65. The van der Waals surface area contributed by atoms with Crippen LogP contribution in [0.2, 0.25) is 0 Å². The molecule has 0 aliphatic rings. The first-order valence-corrected chi connectivity index (χ1v) is 7.35. The van der Waals surface area contributed by atoms with Gasteiger partial charge in [-0.3, -0.25) is 0 Å². The zero-order valence-electron chi connectivity index (χ0n) is 12.9. The van der Waals surface area contributed by atoms with Gasteiger partial charge in [0.1, 0.15) is 5.60 Å². The molecule has 1 heteroatoms. The van der Waals surface area contributed by atoms with E-state index in [1.54, 1.807) is 0 Å². The van der Waals surface area contributed by atoms with Gasteiger partial charge in [-0.25, -0.2) is 0 Å². The summed E-state index contributed by atoms with van der Waals surface area (Å²) in [5.41, 5.74) is 4.79. The molecule has 1 N–H and O–H groups in total. The SMILES string of the molecule is CCCC(O)(c1ccccc1)c1cc(C)c(C)cc1C. The van der Waals surface area contributed by atoms with Crippen molar-refractivity contribution in [2.45, 2.75) is 46.1 Å². The number of rotatable bonds is 4. The van der Waals surface area contributed by atoms with Crippen molar-refractivity contribution < 1.29 is 5.11 Å². The third-order valence-corrected chi connectivity index (χ3v) is 4.15. The molecular weight excluding hydrogens is 244 g/mol. The van der Waals surface area contributed by atoms with Crippen LogP contribution in [0.1, 0.15) is 47.6 Å². The first-order valence-electron chi connectivity index (χ1n) is 7.35. The Bertz CT molecular complexity index is 586. The van der Waals surface area contributed by atoms with Crippen LogP contribution in [0.5, 0.6) is 0 Å². The lowest BCUT2D eigenvalue weighted by atomic mass is 9.79. The Labute approximate surface area is 122 Å². The summed E-state index contributed by atoms with van der Waals surface area (Å²) >= 11 is 0. The Morgan fingerprint density at radius 1 is 0.900 bits per heavy atom. The summed E-state index contributed by atoms with van der Waals surface area (Å²) in [5, 5.41) is 11.4. The second kappa shape index (κ2) is 5.80. The highest BCUT2D eigenvalue weighted by Crippen LogP contribution is 2.36. The van der Waals surface area contributed by atoms with Crippen molar-refractivity contribution >= 4 is 0 Å². The van der Waals surface area contributed by atoms with E-state index in [4.69, 9.17) is 0 Å². The Balaban J connectivity index is 2.62. The molecule has 0 aromatic heterocycles. The molecule has 20 heavy (non-hydrogen) atoms. The van der Waals surface area contributed by atoms with E-state index in [1.807, 2.05) is 30.3 Å². The summed E-state index contributed by atoms with van der Waals surface area (Å²) in [5.74, 6) is 0. The fourth-order valence-corrected chi connectivity index (χ4v) is 2.92. The predicted molar refractivity (Wildman–Crippen MR) is 85.0 cm³/mol. The highest BCUT2D eigenvalue weighted by molar-refractivity contribution is 5.45. The molecule has 0 fully saturated rings. The van der Waals surface area contributed by atoms with Crippen LogP contribution in [-0.4, -0.2) is 5.11 Å². The monoisotopic (exact) mass is 268 g/mol. The lowest BCUT2D eigenvalue weighted by Gasteiger charge is -2.31. The van der Waals surface area contributed by atoms with Crippen molar-refractivity contribution in [1.82, 2.24) is 0 Å². The summed E-state index contributed by atoms with van der Waals surface area (Å²) in [7, 11) is 0. The van der Waals surface area contributed by atoms with Gasteiger partial charge in [-0.15, -0.1) is 0 Å². The number of aliphatic hydroxyl groups is 1. The molecule has 2 aromatic carbocycles. The molecule has 0 heterocycles. The lowest BCUT2D eigenvalue weighted by molar-refractivity contribution is 0.0694. The van der Waals surface area contributed by atoms with Gasteiger partial charge in [0.25, 0.3) is 0 Å². The van der Waals surface area contributed by atoms with Crippen molar-refractivity contribution in [3.63, 3.8) is 0 Å². The minimum absolute atomic E-state index is 0.736. The number of hydrogen-bond acceptors (Lipinski definition) is 1. The van der Waals surface area contributed by atoms with Crippen LogP contribution in [0, 0.1) is 20.8 Å². The average Bonchev–Trinajstić information content (AvgIpc) is 2.44. The van der Waals surface area contributed by atoms with Gasteiger partial charge in [-0.2, -0.15) is 0 Å². The lowest BCUT2D eigenvalue weighted by Crippen LogP contribution is -2.28. The molecule has 0 spiro atoms. The highest BCUT2D eigenvalue weighted by Gasteiger charge is 2.32. The Morgan fingerprint density at radius 2 is 1.50 bits per heavy atom. The maximum absolute atomic E-state index is 11.4. The standard InChI is InChI=1S/C19H24O/c1-5-11-19(20,17-9-7-6-8-10-17)18-13-15(3)14(2)12-16(18)4/h6-10,12-13,20H,5,11H2,1-4H3. The van der Waals surface area contributed by atoms with E-state index in [0.29, 0.717) is 0 Å². The largest absolute Gasteiger partial charge is 0.380 e. The maximum atomic E-state index is 11.4. The topological polar surface area (TPSA) is 20.2 Å². The molecule has 1 atom stereocenters. The Kier molecular flexibility index (Phi) is 4.29. The first-order chi connectivity index (χ1) is 9.49. The summed E-state index contributed by atoms with van der Waals surface area (Å²) in [4.78, 5) is 0. The van der Waals surface area contributed by atoms with Crippen LogP contribution in [0.3, 0.4) is 0 Å². The Hall–Kier alpha value is -1.60. The fraction of sp³-hybridized carbons (Fsp3) is 0.368. The van der Waals surface area contributed by atoms with Crippen LogP contribution < -0.4 is 0 Å². The van der Waals surface area contributed by atoms with E-state index in [0.717, 1.165) is 29.5 Å². The van der Waals surface area contributed by atoms with Gasteiger partial charge < -0.3 is 5.11 Å². The average molecular weight is 268 g/mol. The van der Waals surface area contributed by atoms with Gasteiger partial charge in [-0.05, 0) is 55.0 Å². The second-order valence-corrected chi connectivity index (χ2v) is 5.73. The Morgan fingerprint density at radius 3 is 2.10 bits per heavy atom. The quantitative estimate of drug-likeness (QED) is 0.856. The van der Waals surface area contributed by atoms with E-state index >= 15 is 0 Å². The van der Waals surface area contributed by atoms with Crippen LogP contribution in [0.15, 0.2) is 42.5 Å². The van der Waals surface area contributed by atoms with E-state index in [9.17, 15) is 5.11 Å². The molecule has 0 saturated heterocycles. The van der Waals surface area contributed by atoms with Crippen molar-refractivity contribution in [2.24, 2.45) is 0 Å². The summed E-state index contributed by atoms with van der Waals surface area (Å²) < 4.78 is 0. The molecule has 0 aliphatic carbocycles. The molecule has 2 rings (SSSR count). The molecule has 0 aliphatic heterocycles. The van der Waals surface area contributed by atoms with Crippen LogP contribution in [-0.2, 0) is 5.60 Å². The first kappa shape index (κ1) is 14.8. The van der Waals surface area contributed by atoms with Gasteiger partial charge in [0.15, 0.2) is 0 Å². The van der Waals surface area contributed by atoms with Gasteiger partial charge in [0, 0.05) is 0 Å². The summed E-state index contributed by atoms with van der Waals surface area (Å²) in [6.07, 6.45) is 1.68. The summed E-state index contributed by atoms with van der Waals surface area (Å²) in [6.45, 7) is 8.43. The minimum atomic E-state index is -0.890. The molecule has 0 saturated carbocycles. The van der Waals surface area contributed by atoms with E-state index in [-0.39, 0.29) is 0 Å². The minimum Gasteiger partial charge on any atom is -0.380 e. The molecule has 0 amide bonds. The third-order valence-electron chi connectivity index (χ3n) is 4.15. The molecule has 1 unspecified atom stereocenters. The number of benzene rings is 2. The van der Waals surface area contributed by atoms with Gasteiger partial charge in [0.05, 0.1) is 0 Å². The smallest absolute Gasteiger partial charge is 0.115 e. The van der Waals surface area contributed by atoms with E-state index in [1.165, 1.54) is 11.1 Å². The normalized spacial score (nSPS) is 14.1.